The van der Waals surface area contributed by atoms with Crippen LogP contribution in [0.5, 0.6) is 0 Å². The maximum absolute atomic E-state index is 8.60. The van der Waals surface area contributed by atoms with Crippen LogP contribution in [0.25, 0.3) is 0 Å². The van der Waals surface area contributed by atoms with Gasteiger partial charge in [-0.15, -0.1) is 0 Å². The fourth-order valence-corrected chi connectivity index (χ4v) is 1.18. The van der Waals surface area contributed by atoms with E-state index < -0.39 is 0 Å². The summed E-state index contributed by atoms with van der Waals surface area (Å²) in [4.78, 5) is 3.87. The second-order valence-electron chi connectivity index (χ2n) is 3.19. The fraction of sp³-hybridized carbons (Fsp3) is 0.333. The van der Waals surface area contributed by atoms with Crippen LogP contribution in [0.3, 0.4) is 0 Å². The Hall–Kier alpha value is -1.60. The molecule has 0 radical (unpaired) electrons. The normalized spacial score (nSPS) is 24.9. The van der Waals surface area contributed by atoms with E-state index in [1.165, 1.54) is 0 Å². The Labute approximate surface area is 76.4 Å². The van der Waals surface area contributed by atoms with E-state index in [1.807, 2.05) is 12.1 Å². The minimum Gasteiger partial charge on any atom is -0.381 e. The molecule has 2 unspecified atom stereocenters. The van der Waals surface area contributed by atoms with Gasteiger partial charge < -0.3 is 11.1 Å². The van der Waals surface area contributed by atoms with E-state index in [-0.39, 0.29) is 6.04 Å². The van der Waals surface area contributed by atoms with Gasteiger partial charge in [0.15, 0.2) is 0 Å². The molecule has 0 spiro atoms. The Balaban J connectivity index is 2.08. The van der Waals surface area contributed by atoms with Crippen molar-refractivity contribution in [2.24, 2.45) is 5.73 Å². The number of hydrogen-bond donors (Lipinski definition) is 2. The highest BCUT2D eigenvalue weighted by Crippen LogP contribution is 2.23. The molecule has 3 N–H and O–H groups in total. The van der Waals surface area contributed by atoms with Crippen molar-refractivity contribution in [1.82, 2.24) is 4.98 Å². The van der Waals surface area contributed by atoms with Gasteiger partial charge in [-0.1, -0.05) is 0 Å². The van der Waals surface area contributed by atoms with Crippen molar-refractivity contribution >= 4 is 5.69 Å². The Morgan fingerprint density at radius 1 is 1.69 bits per heavy atom. The third-order valence-corrected chi connectivity index (χ3v) is 2.07. The first-order chi connectivity index (χ1) is 6.29. The van der Waals surface area contributed by atoms with Gasteiger partial charge in [0.25, 0.3) is 0 Å². The molecule has 4 nitrogen and oxygen atoms in total. The van der Waals surface area contributed by atoms with E-state index in [1.54, 1.807) is 12.3 Å². The molecule has 0 bridgehead atoms. The number of anilines is 1. The van der Waals surface area contributed by atoms with Crippen molar-refractivity contribution < 1.29 is 0 Å². The molecule has 1 aliphatic rings. The van der Waals surface area contributed by atoms with E-state index in [0.29, 0.717) is 11.7 Å². The van der Waals surface area contributed by atoms with Gasteiger partial charge >= 0.3 is 0 Å². The van der Waals surface area contributed by atoms with Crippen molar-refractivity contribution in [1.29, 1.82) is 5.26 Å². The fourth-order valence-electron chi connectivity index (χ4n) is 1.18. The summed E-state index contributed by atoms with van der Waals surface area (Å²) < 4.78 is 0. The number of nitrogens with zero attached hydrogens (tertiary/aromatic N) is 2. The van der Waals surface area contributed by atoms with E-state index in [0.717, 1.165) is 12.1 Å². The van der Waals surface area contributed by atoms with Gasteiger partial charge in [0, 0.05) is 24.0 Å². The van der Waals surface area contributed by atoms with E-state index in [2.05, 4.69) is 10.3 Å². The lowest BCUT2D eigenvalue weighted by atomic mass is 10.3. The number of pyridine rings is 1. The van der Waals surface area contributed by atoms with Crippen molar-refractivity contribution in [3.63, 3.8) is 0 Å². The molecule has 1 saturated carbocycles. The maximum Gasteiger partial charge on any atom is 0.142 e. The van der Waals surface area contributed by atoms with Crippen LogP contribution in [-0.4, -0.2) is 17.1 Å². The molecule has 1 fully saturated rings. The van der Waals surface area contributed by atoms with Crippen molar-refractivity contribution in [2.75, 3.05) is 5.32 Å². The lowest BCUT2D eigenvalue weighted by molar-refractivity contribution is 1.00. The van der Waals surface area contributed by atoms with Crippen LogP contribution in [0, 0.1) is 11.3 Å². The predicted octanol–water partition coefficient (Wildman–Crippen LogP) is 0.465. The standard InChI is InChI=1S/C9H10N4/c10-5-7-3-6(1-2-12-7)13-9-4-8(9)11/h1-3,8-9H,4,11H2,(H,12,13). The SMILES string of the molecule is N#Cc1cc(NC2CC2N)ccn1. The molecule has 1 aromatic heterocycles. The highest BCUT2D eigenvalue weighted by Gasteiger charge is 2.33. The summed E-state index contributed by atoms with van der Waals surface area (Å²) in [5, 5.41) is 11.8. The summed E-state index contributed by atoms with van der Waals surface area (Å²) in [5.74, 6) is 0. The Bertz CT molecular complexity index is 355. The highest BCUT2D eigenvalue weighted by atomic mass is 15.0. The minimum atomic E-state index is 0.263. The second-order valence-corrected chi connectivity index (χ2v) is 3.19. The summed E-state index contributed by atoms with van der Waals surface area (Å²) >= 11 is 0. The number of nitrogens with one attached hydrogen (secondary N) is 1. The van der Waals surface area contributed by atoms with Crippen LogP contribution >= 0.6 is 0 Å². The number of nitriles is 1. The third-order valence-electron chi connectivity index (χ3n) is 2.07. The summed E-state index contributed by atoms with van der Waals surface area (Å²) in [6.45, 7) is 0. The molecule has 4 heteroatoms. The molecule has 0 aromatic carbocycles. The average molecular weight is 174 g/mol. The molecule has 66 valence electrons. The Kier molecular flexibility index (Phi) is 1.87. The largest absolute Gasteiger partial charge is 0.381 e. The Morgan fingerprint density at radius 2 is 2.46 bits per heavy atom. The summed E-state index contributed by atoms with van der Waals surface area (Å²) in [6, 6.07) is 6.19. The predicted molar refractivity (Wildman–Crippen MR) is 49.0 cm³/mol. The lowest BCUT2D eigenvalue weighted by Crippen LogP contribution is -2.13. The van der Waals surface area contributed by atoms with Crippen LogP contribution < -0.4 is 11.1 Å². The Morgan fingerprint density at radius 3 is 3.08 bits per heavy atom. The van der Waals surface area contributed by atoms with Gasteiger partial charge in [-0.2, -0.15) is 5.26 Å². The summed E-state index contributed by atoms with van der Waals surface area (Å²) in [6.07, 6.45) is 2.62. The molecule has 2 rings (SSSR count). The molecule has 2 atom stereocenters. The molecule has 0 aliphatic heterocycles. The van der Waals surface area contributed by atoms with Crippen molar-refractivity contribution in [3.8, 4) is 6.07 Å². The quantitative estimate of drug-likeness (QED) is 0.683. The lowest BCUT2D eigenvalue weighted by Gasteiger charge is -2.03. The smallest absolute Gasteiger partial charge is 0.142 e. The number of rotatable bonds is 2. The van der Waals surface area contributed by atoms with E-state index in [4.69, 9.17) is 11.0 Å². The molecule has 0 saturated heterocycles. The van der Waals surface area contributed by atoms with Crippen LogP contribution in [0.1, 0.15) is 12.1 Å². The van der Waals surface area contributed by atoms with E-state index in [9.17, 15) is 0 Å². The van der Waals surface area contributed by atoms with Gasteiger partial charge in [-0.3, -0.25) is 0 Å². The zero-order valence-electron chi connectivity index (χ0n) is 7.07. The molecule has 1 aliphatic carbocycles. The molecule has 1 heterocycles. The first kappa shape index (κ1) is 8.02. The van der Waals surface area contributed by atoms with Crippen LogP contribution in [0.2, 0.25) is 0 Å². The van der Waals surface area contributed by atoms with Gasteiger partial charge in [0.05, 0.1) is 0 Å². The number of aromatic nitrogens is 1. The molecular weight excluding hydrogens is 164 g/mol. The highest BCUT2D eigenvalue weighted by molar-refractivity contribution is 5.48. The molecule has 0 amide bonds. The monoisotopic (exact) mass is 174 g/mol. The van der Waals surface area contributed by atoms with Crippen LogP contribution in [0.15, 0.2) is 18.3 Å². The van der Waals surface area contributed by atoms with Gasteiger partial charge in [0.2, 0.25) is 0 Å². The molecular formula is C9H10N4. The second kappa shape index (κ2) is 3.04. The summed E-state index contributed by atoms with van der Waals surface area (Å²) in [7, 11) is 0. The van der Waals surface area contributed by atoms with Gasteiger partial charge in [-0.25, -0.2) is 4.98 Å². The van der Waals surface area contributed by atoms with Crippen molar-refractivity contribution in [3.05, 3.63) is 24.0 Å². The van der Waals surface area contributed by atoms with Crippen LogP contribution in [-0.2, 0) is 0 Å². The third kappa shape index (κ3) is 1.76. The zero-order valence-corrected chi connectivity index (χ0v) is 7.07. The summed E-state index contributed by atoms with van der Waals surface area (Å²) in [5.41, 5.74) is 6.99. The number of hydrogen-bond acceptors (Lipinski definition) is 4. The topological polar surface area (TPSA) is 74.7 Å². The van der Waals surface area contributed by atoms with E-state index >= 15 is 0 Å². The minimum absolute atomic E-state index is 0.263. The van der Waals surface area contributed by atoms with Gasteiger partial charge in [0.1, 0.15) is 11.8 Å². The van der Waals surface area contributed by atoms with Crippen molar-refractivity contribution in [2.45, 2.75) is 18.5 Å². The van der Waals surface area contributed by atoms with Crippen LogP contribution in [0.4, 0.5) is 5.69 Å². The average Bonchev–Trinajstić information content (AvgIpc) is 2.82. The zero-order chi connectivity index (χ0) is 9.26. The number of nitrogens with two attached hydrogens (primary N) is 1. The molecule has 1 aromatic rings. The molecule has 13 heavy (non-hydrogen) atoms. The van der Waals surface area contributed by atoms with Gasteiger partial charge in [-0.05, 0) is 18.6 Å². The first-order valence-electron chi connectivity index (χ1n) is 4.18. The maximum atomic E-state index is 8.60. The first-order valence-corrected chi connectivity index (χ1v) is 4.18.